The Kier molecular flexibility index (Phi) is 14.3. The predicted molar refractivity (Wildman–Crippen MR) is 114 cm³/mol. The van der Waals surface area contributed by atoms with Gasteiger partial charge >= 0.3 is 0 Å². The zero-order valence-electron chi connectivity index (χ0n) is 15.2. The molecular formula is C17H31Cl3N4O. The summed E-state index contributed by atoms with van der Waals surface area (Å²) in [5, 5.41) is 6.13. The fourth-order valence-corrected chi connectivity index (χ4v) is 2.81. The van der Waals surface area contributed by atoms with E-state index in [1.54, 1.807) is 0 Å². The summed E-state index contributed by atoms with van der Waals surface area (Å²) >= 11 is 0. The van der Waals surface area contributed by atoms with Crippen LogP contribution >= 0.6 is 37.2 Å². The molecule has 0 aliphatic carbocycles. The Balaban J connectivity index is 0. The van der Waals surface area contributed by atoms with Crippen LogP contribution in [-0.2, 0) is 4.79 Å². The number of halogens is 3. The number of hydrogen-bond donors (Lipinski definition) is 2. The molecule has 1 saturated heterocycles. The lowest BCUT2D eigenvalue weighted by Crippen LogP contribution is -2.46. The molecule has 0 aromatic heterocycles. The molecule has 1 heterocycles. The van der Waals surface area contributed by atoms with Crippen molar-refractivity contribution in [2.24, 2.45) is 5.92 Å². The normalized spacial score (nSPS) is 15.2. The highest BCUT2D eigenvalue weighted by atomic mass is 35.5. The van der Waals surface area contributed by atoms with E-state index in [9.17, 15) is 4.79 Å². The van der Waals surface area contributed by atoms with Crippen molar-refractivity contribution in [2.45, 2.75) is 13.8 Å². The maximum absolute atomic E-state index is 12.3. The summed E-state index contributed by atoms with van der Waals surface area (Å²) in [5.74, 6) is 0.0176. The lowest BCUT2D eigenvalue weighted by atomic mass is 10.1. The number of nitrogens with one attached hydrogen (secondary N) is 2. The van der Waals surface area contributed by atoms with Gasteiger partial charge in [-0.25, -0.2) is 0 Å². The van der Waals surface area contributed by atoms with Crippen LogP contribution in [0.2, 0.25) is 0 Å². The van der Waals surface area contributed by atoms with Gasteiger partial charge in [0.25, 0.3) is 0 Å². The van der Waals surface area contributed by atoms with Crippen molar-refractivity contribution in [1.82, 2.24) is 10.2 Å². The molecule has 1 aromatic rings. The van der Waals surface area contributed by atoms with Crippen LogP contribution in [0.3, 0.4) is 0 Å². The number of amides is 1. The van der Waals surface area contributed by atoms with Gasteiger partial charge in [-0.2, -0.15) is 0 Å². The van der Waals surface area contributed by atoms with Crippen LogP contribution in [0.4, 0.5) is 11.4 Å². The van der Waals surface area contributed by atoms with Crippen LogP contribution in [-0.4, -0.2) is 57.1 Å². The molecule has 1 aliphatic rings. The number of rotatable bonds is 6. The molecule has 1 atom stereocenters. The van der Waals surface area contributed by atoms with Crippen LogP contribution in [0.5, 0.6) is 0 Å². The number of benzene rings is 1. The van der Waals surface area contributed by atoms with Crippen LogP contribution in [0.15, 0.2) is 24.3 Å². The van der Waals surface area contributed by atoms with Gasteiger partial charge < -0.3 is 20.4 Å². The summed E-state index contributed by atoms with van der Waals surface area (Å²) in [4.78, 5) is 17.1. The Bertz CT molecular complexity index is 497. The van der Waals surface area contributed by atoms with Gasteiger partial charge in [0.15, 0.2) is 0 Å². The fraction of sp³-hybridized carbons (Fsp3) is 0.588. The molecule has 0 radical (unpaired) electrons. The highest BCUT2D eigenvalue weighted by Crippen LogP contribution is 2.27. The fourth-order valence-electron chi connectivity index (χ4n) is 2.81. The van der Waals surface area contributed by atoms with Crippen LogP contribution in [0.1, 0.15) is 13.8 Å². The first kappa shape index (κ1) is 26.5. The number of anilines is 2. The predicted octanol–water partition coefficient (Wildman–Crippen LogP) is 2.89. The van der Waals surface area contributed by atoms with E-state index >= 15 is 0 Å². The van der Waals surface area contributed by atoms with Crippen molar-refractivity contribution in [2.75, 3.05) is 56.5 Å². The zero-order valence-corrected chi connectivity index (χ0v) is 17.6. The van der Waals surface area contributed by atoms with E-state index in [1.807, 2.05) is 32.2 Å². The van der Waals surface area contributed by atoms with E-state index in [0.717, 1.165) is 44.1 Å². The number of carbonyl (C=O) groups is 1. The molecule has 0 spiro atoms. The minimum atomic E-state index is -0.0463. The minimum Gasteiger partial charge on any atom is -0.367 e. The van der Waals surface area contributed by atoms with Crippen molar-refractivity contribution in [3.63, 3.8) is 0 Å². The van der Waals surface area contributed by atoms with E-state index < -0.39 is 0 Å². The summed E-state index contributed by atoms with van der Waals surface area (Å²) in [7, 11) is 1.87. The number of carbonyl (C=O) groups excluding carboxylic acids is 1. The summed E-state index contributed by atoms with van der Waals surface area (Å²) in [6, 6.07) is 8.10. The van der Waals surface area contributed by atoms with Gasteiger partial charge in [0.1, 0.15) is 0 Å². The summed E-state index contributed by atoms with van der Waals surface area (Å²) < 4.78 is 0. The summed E-state index contributed by atoms with van der Waals surface area (Å²) in [6.07, 6.45) is 0. The molecule has 1 aliphatic heterocycles. The van der Waals surface area contributed by atoms with Crippen molar-refractivity contribution >= 4 is 54.5 Å². The molecule has 5 nitrogen and oxygen atoms in total. The van der Waals surface area contributed by atoms with Crippen molar-refractivity contribution in [3.8, 4) is 0 Å². The van der Waals surface area contributed by atoms with Crippen LogP contribution in [0, 0.1) is 5.92 Å². The van der Waals surface area contributed by atoms with E-state index in [0.29, 0.717) is 6.54 Å². The van der Waals surface area contributed by atoms with Gasteiger partial charge in [0.2, 0.25) is 5.91 Å². The van der Waals surface area contributed by atoms with E-state index in [-0.39, 0.29) is 49.0 Å². The molecule has 0 bridgehead atoms. The van der Waals surface area contributed by atoms with Gasteiger partial charge in [-0.15, -0.1) is 37.2 Å². The average molecular weight is 414 g/mol. The highest BCUT2D eigenvalue weighted by Gasteiger charge is 2.19. The number of nitrogens with zero attached hydrogens (tertiary/aromatic N) is 2. The summed E-state index contributed by atoms with van der Waals surface area (Å²) in [6.45, 7) is 10.1. The molecule has 2 N–H and O–H groups in total. The third-order valence-electron chi connectivity index (χ3n) is 4.28. The molecule has 2 rings (SSSR count). The van der Waals surface area contributed by atoms with Gasteiger partial charge in [-0.1, -0.05) is 26.0 Å². The molecule has 1 unspecified atom stereocenters. The maximum Gasteiger partial charge on any atom is 0.228 e. The van der Waals surface area contributed by atoms with Gasteiger partial charge in [0, 0.05) is 38.6 Å². The standard InChI is InChI=1S/C17H28N4O.3ClH/c1-4-20-9-11-21(12-10-20)16-8-6-5-7-15(16)19-17(22)14(2)13-18-3;;;/h5-8,14,18H,4,9-13H2,1-3H3,(H,19,22);3*1H. The third-order valence-corrected chi connectivity index (χ3v) is 4.28. The SMILES string of the molecule is CCN1CCN(c2ccccc2NC(=O)C(C)CNC)CC1.Cl.Cl.Cl. The van der Waals surface area contributed by atoms with Crippen molar-refractivity contribution in [3.05, 3.63) is 24.3 Å². The third kappa shape index (κ3) is 7.59. The topological polar surface area (TPSA) is 47.6 Å². The monoisotopic (exact) mass is 412 g/mol. The van der Waals surface area contributed by atoms with E-state index in [4.69, 9.17) is 0 Å². The molecule has 146 valence electrons. The van der Waals surface area contributed by atoms with Crippen molar-refractivity contribution in [1.29, 1.82) is 0 Å². The minimum absolute atomic E-state index is 0. The number of hydrogen-bond acceptors (Lipinski definition) is 4. The van der Waals surface area contributed by atoms with E-state index in [2.05, 4.69) is 33.4 Å². The molecule has 8 heteroatoms. The van der Waals surface area contributed by atoms with Gasteiger partial charge in [-0.05, 0) is 25.7 Å². The second kappa shape index (κ2) is 13.5. The molecule has 1 aromatic carbocycles. The van der Waals surface area contributed by atoms with Crippen LogP contribution < -0.4 is 15.5 Å². The van der Waals surface area contributed by atoms with Crippen molar-refractivity contribution < 1.29 is 4.79 Å². The molecule has 0 saturated carbocycles. The van der Waals surface area contributed by atoms with Gasteiger partial charge in [-0.3, -0.25) is 4.79 Å². The highest BCUT2D eigenvalue weighted by molar-refractivity contribution is 5.95. The lowest BCUT2D eigenvalue weighted by molar-refractivity contribution is -0.119. The number of para-hydroxylation sites is 2. The molecule has 1 fully saturated rings. The maximum atomic E-state index is 12.3. The Hall–Kier alpha value is -0.720. The van der Waals surface area contributed by atoms with Gasteiger partial charge in [0.05, 0.1) is 11.4 Å². The Labute approximate surface area is 170 Å². The smallest absolute Gasteiger partial charge is 0.228 e. The number of likely N-dealkylation sites (N-methyl/N-ethyl adjacent to an activating group) is 1. The Morgan fingerprint density at radius 1 is 1.12 bits per heavy atom. The quantitative estimate of drug-likeness (QED) is 0.753. The lowest BCUT2D eigenvalue weighted by Gasteiger charge is -2.36. The number of piperazine rings is 1. The Morgan fingerprint density at radius 2 is 1.72 bits per heavy atom. The molecule has 1 amide bonds. The first-order valence-corrected chi connectivity index (χ1v) is 8.17. The first-order valence-electron chi connectivity index (χ1n) is 8.17. The zero-order chi connectivity index (χ0) is 15.9. The van der Waals surface area contributed by atoms with Crippen LogP contribution in [0.25, 0.3) is 0 Å². The first-order chi connectivity index (χ1) is 10.7. The molecular weight excluding hydrogens is 383 g/mol. The Morgan fingerprint density at radius 3 is 2.28 bits per heavy atom. The van der Waals surface area contributed by atoms with E-state index in [1.165, 1.54) is 0 Å². The second-order valence-electron chi connectivity index (χ2n) is 5.89. The second-order valence-corrected chi connectivity index (χ2v) is 5.89. The summed E-state index contributed by atoms with van der Waals surface area (Å²) in [5.41, 5.74) is 2.05. The molecule has 25 heavy (non-hydrogen) atoms. The largest absolute Gasteiger partial charge is 0.367 e. The average Bonchev–Trinajstić information content (AvgIpc) is 2.55.